The molecule has 0 aliphatic rings. The first kappa shape index (κ1) is 28.5. The maximum Gasteiger partial charge on any atom is 0.167 e. The Balaban J connectivity index is 1.39. The fourth-order valence-electron chi connectivity index (χ4n) is 6.48. The zero-order chi connectivity index (χ0) is 32.6. The van der Waals surface area contributed by atoms with Gasteiger partial charge in [0.05, 0.1) is 5.56 Å². The first-order valence-electron chi connectivity index (χ1n) is 16.2. The van der Waals surface area contributed by atoms with Crippen LogP contribution < -0.4 is 0 Å². The first-order valence-corrected chi connectivity index (χ1v) is 16.2. The number of pyridine rings is 1. The predicted octanol–water partition coefficient (Wildman–Crippen LogP) is 11.2. The molecule has 0 amide bonds. The Bertz CT molecular complexity index is 2510. The van der Waals surface area contributed by atoms with Crippen molar-refractivity contribution in [1.29, 1.82) is 0 Å². The van der Waals surface area contributed by atoms with Gasteiger partial charge in [0.25, 0.3) is 0 Å². The Morgan fingerprint density at radius 3 is 1.49 bits per heavy atom. The van der Waals surface area contributed by atoms with Crippen LogP contribution in [-0.2, 0) is 0 Å². The summed E-state index contributed by atoms with van der Waals surface area (Å²) < 4.78 is 7.05. The molecule has 0 saturated heterocycles. The number of rotatable bonds is 6. The molecule has 0 unspecified atom stereocenters. The molecule has 49 heavy (non-hydrogen) atoms. The van der Waals surface area contributed by atoms with Crippen molar-refractivity contribution in [2.75, 3.05) is 0 Å². The van der Waals surface area contributed by atoms with Gasteiger partial charge in [-0.15, -0.1) is 0 Å². The maximum absolute atomic E-state index is 7.05. The summed E-state index contributed by atoms with van der Waals surface area (Å²) >= 11 is 0. The summed E-state index contributed by atoms with van der Waals surface area (Å²) in [6.45, 7) is 0. The molecule has 0 saturated carbocycles. The van der Waals surface area contributed by atoms with Gasteiger partial charge in [0.2, 0.25) is 0 Å². The molecule has 230 valence electrons. The van der Waals surface area contributed by atoms with E-state index in [1.807, 2.05) is 85.1 Å². The van der Waals surface area contributed by atoms with Crippen LogP contribution in [-0.4, -0.2) is 19.9 Å². The van der Waals surface area contributed by atoms with Gasteiger partial charge in [-0.3, -0.25) is 4.98 Å². The summed E-state index contributed by atoms with van der Waals surface area (Å²) in [6, 6.07) is 53.7. The van der Waals surface area contributed by atoms with Crippen LogP contribution in [0, 0.1) is 0 Å². The van der Waals surface area contributed by atoms with Gasteiger partial charge in [-0.1, -0.05) is 133 Å². The maximum atomic E-state index is 7.05. The van der Waals surface area contributed by atoms with E-state index in [1.54, 1.807) is 6.20 Å². The summed E-state index contributed by atoms with van der Waals surface area (Å²) in [6.07, 6.45) is 3.70. The van der Waals surface area contributed by atoms with Crippen LogP contribution in [0.4, 0.5) is 0 Å². The summed E-state index contributed by atoms with van der Waals surface area (Å²) in [7, 11) is 0. The van der Waals surface area contributed by atoms with Gasteiger partial charge in [0.1, 0.15) is 11.2 Å². The molecule has 0 fully saturated rings. The van der Waals surface area contributed by atoms with E-state index in [2.05, 4.69) is 83.8 Å². The van der Waals surface area contributed by atoms with Gasteiger partial charge < -0.3 is 4.42 Å². The Hall–Kier alpha value is -6.72. The van der Waals surface area contributed by atoms with Gasteiger partial charge in [-0.2, -0.15) is 0 Å². The van der Waals surface area contributed by atoms with E-state index < -0.39 is 0 Å². The highest BCUT2D eigenvalue weighted by molar-refractivity contribution is 6.19. The molecule has 3 aromatic heterocycles. The Kier molecular flexibility index (Phi) is 7.06. The lowest BCUT2D eigenvalue weighted by molar-refractivity contribution is 0.670. The van der Waals surface area contributed by atoms with Gasteiger partial charge in [0.15, 0.2) is 17.5 Å². The third-order valence-corrected chi connectivity index (χ3v) is 8.82. The zero-order valence-corrected chi connectivity index (χ0v) is 26.4. The molecule has 0 N–H and O–H groups in total. The molecule has 0 spiro atoms. The van der Waals surface area contributed by atoms with Crippen molar-refractivity contribution >= 4 is 21.9 Å². The van der Waals surface area contributed by atoms with Crippen LogP contribution in [0.3, 0.4) is 0 Å². The molecule has 9 aromatic rings. The molecule has 3 heterocycles. The molecular formula is C44H28N4O. The minimum absolute atomic E-state index is 0.541. The summed E-state index contributed by atoms with van der Waals surface area (Å²) in [5.74, 6) is 1.74. The van der Waals surface area contributed by atoms with E-state index in [4.69, 9.17) is 19.4 Å². The number of hydrogen-bond donors (Lipinski definition) is 0. The second-order valence-corrected chi connectivity index (χ2v) is 11.9. The number of hydrogen-bond acceptors (Lipinski definition) is 5. The van der Waals surface area contributed by atoms with Crippen molar-refractivity contribution in [3.63, 3.8) is 0 Å². The number of benzene rings is 6. The number of furan rings is 1. The van der Waals surface area contributed by atoms with E-state index in [0.29, 0.717) is 23.1 Å². The molecule has 5 nitrogen and oxygen atoms in total. The Labute approximate surface area is 283 Å². The predicted molar refractivity (Wildman–Crippen MR) is 198 cm³/mol. The van der Waals surface area contributed by atoms with Crippen molar-refractivity contribution in [2.45, 2.75) is 0 Å². The average molecular weight is 629 g/mol. The quantitative estimate of drug-likeness (QED) is 0.183. The van der Waals surface area contributed by atoms with Gasteiger partial charge >= 0.3 is 0 Å². The lowest BCUT2D eigenvalue weighted by Gasteiger charge is -2.10. The average Bonchev–Trinajstić information content (AvgIpc) is 3.58. The fraction of sp³-hybridized carbons (Fsp3) is 0. The molecular weight excluding hydrogens is 601 g/mol. The number of fused-ring (bicyclic) bond motifs is 3. The fourth-order valence-corrected chi connectivity index (χ4v) is 6.48. The van der Waals surface area contributed by atoms with Crippen molar-refractivity contribution in [1.82, 2.24) is 19.9 Å². The molecule has 9 rings (SSSR count). The Morgan fingerprint density at radius 1 is 0.367 bits per heavy atom. The largest absolute Gasteiger partial charge is 0.455 e. The van der Waals surface area contributed by atoms with Crippen LogP contribution in [0.1, 0.15) is 0 Å². The van der Waals surface area contributed by atoms with E-state index in [0.717, 1.165) is 66.4 Å². The Morgan fingerprint density at radius 2 is 0.898 bits per heavy atom. The van der Waals surface area contributed by atoms with Crippen molar-refractivity contribution in [3.8, 4) is 67.5 Å². The molecule has 0 atom stereocenters. The highest BCUT2D eigenvalue weighted by Crippen LogP contribution is 2.45. The third kappa shape index (κ3) is 5.24. The van der Waals surface area contributed by atoms with Crippen molar-refractivity contribution in [3.05, 3.63) is 170 Å². The molecule has 5 heteroatoms. The van der Waals surface area contributed by atoms with Crippen LogP contribution in [0.25, 0.3) is 89.5 Å². The molecule has 6 aromatic carbocycles. The lowest BCUT2D eigenvalue weighted by atomic mass is 9.93. The van der Waals surface area contributed by atoms with Crippen molar-refractivity contribution in [2.24, 2.45) is 0 Å². The van der Waals surface area contributed by atoms with Crippen LogP contribution in [0.5, 0.6) is 0 Å². The summed E-state index contributed by atoms with van der Waals surface area (Å²) in [4.78, 5) is 19.5. The van der Waals surface area contributed by atoms with E-state index in [1.165, 1.54) is 0 Å². The van der Waals surface area contributed by atoms with Crippen LogP contribution in [0.2, 0.25) is 0 Å². The van der Waals surface area contributed by atoms with E-state index in [-0.39, 0.29) is 0 Å². The third-order valence-electron chi connectivity index (χ3n) is 8.82. The summed E-state index contributed by atoms with van der Waals surface area (Å²) in [5, 5.41) is 2.00. The van der Waals surface area contributed by atoms with Crippen molar-refractivity contribution < 1.29 is 4.42 Å². The van der Waals surface area contributed by atoms with Gasteiger partial charge in [-0.05, 0) is 46.5 Å². The highest BCUT2D eigenvalue weighted by atomic mass is 16.3. The smallest absolute Gasteiger partial charge is 0.167 e. The second kappa shape index (κ2) is 12.1. The number of aromatic nitrogens is 4. The number of nitrogens with zero attached hydrogens (tertiary/aromatic N) is 4. The standard InChI is InChI=1S/C44H28N4O/c1-5-14-29(15-6-1)34-26-37(30-16-7-2-8-17-30)40-38(27-34)39-35(33-22-13-25-45-28-33)23-24-36(41(39)49-40)44-47-42(31-18-9-3-10-19-31)46-43(48-44)32-20-11-4-12-21-32/h1-28H. The monoisotopic (exact) mass is 628 g/mol. The minimum Gasteiger partial charge on any atom is -0.455 e. The normalized spacial score (nSPS) is 11.3. The molecule has 0 radical (unpaired) electrons. The first-order chi connectivity index (χ1) is 24.3. The van der Waals surface area contributed by atoms with Gasteiger partial charge in [-0.25, -0.2) is 15.0 Å². The molecule has 0 aliphatic heterocycles. The van der Waals surface area contributed by atoms with Crippen LogP contribution in [0.15, 0.2) is 175 Å². The minimum atomic E-state index is 0.541. The van der Waals surface area contributed by atoms with E-state index in [9.17, 15) is 0 Å². The van der Waals surface area contributed by atoms with E-state index >= 15 is 0 Å². The molecule has 0 bridgehead atoms. The topological polar surface area (TPSA) is 64.7 Å². The van der Waals surface area contributed by atoms with Crippen LogP contribution >= 0.6 is 0 Å². The second-order valence-electron chi connectivity index (χ2n) is 11.9. The van der Waals surface area contributed by atoms with Gasteiger partial charge in [0, 0.05) is 45.4 Å². The summed E-state index contributed by atoms with van der Waals surface area (Å²) in [5.41, 5.74) is 10.5. The molecule has 0 aliphatic carbocycles. The lowest BCUT2D eigenvalue weighted by Crippen LogP contribution is -2.00. The zero-order valence-electron chi connectivity index (χ0n) is 26.4. The SMILES string of the molecule is c1ccc(-c2cc(-c3ccccc3)c3oc4c(-c5nc(-c6ccccc6)nc(-c6ccccc6)n5)ccc(-c5cccnc5)c4c3c2)cc1. The highest BCUT2D eigenvalue weighted by Gasteiger charge is 2.23.